The Labute approximate surface area is 122 Å². The van der Waals surface area contributed by atoms with Crippen LogP contribution in [-0.4, -0.2) is 22.0 Å². The van der Waals surface area contributed by atoms with E-state index >= 15 is 0 Å². The third kappa shape index (κ3) is 3.76. The summed E-state index contributed by atoms with van der Waals surface area (Å²) in [5, 5.41) is 11.5. The second-order valence-electron chi connectivity index (χ2n) is 4.41. The first kappa shape index (κ1) is 14.5. The molecule has 0 aliphatic rings. The summed E-state index contributed by atoms with van der Waals surface area (Å²) in [7, 11) is 0. The molecule has 1 aromatic heterocycles. The van der Waals surface area contributed by atoms with Gasteiger partial charge in [0, 0.05) is 30.1 Å². The van der Waals surface area contributed by atoms with Crippen molar-refractivity contribution in [3.8, 4) is 0 Å². The van der Waals surface area contributed by atoms with Gasteiger partial charge in [0.2, 0.25) is 0 Å². The van der Waals surface area contributed by atoms with Crippen molar-refractivity contribution < 1.29 is 14.7 Å². The summed E-state index contributed by atoms with van der Waals surface area (Å²) in [6, 6.07) is 9.82. The molecule has 0 unspecified atom stereocenters. The van der Waals surface area contributed by atoms with Gasteiger partial charge >= 0.3 is 5.97 Å². The Morgan fingerprint density at radius 3 is 2.43 bits per heavy atom. The highest BCUT2D eigenvalue weighted by Crippen LogP contribution is 2.11. The van der Waals surface area contributed by atoms with Gasteiger partial charge in [0.25, 0.3) is 5.91 Å². The zero-order valence-electron chi connectivity index (χ0n) is 11.2. The maximum Gasteiger partial charge on any atom is 0.335 e. The van der Waals surface area contributed by atoms with Crippen LogP contribution in [0.15, 0.2) is 55.4 Å². The number of hydrogen-bond donors (Lipinski definition) is 2. The lowest BCUT2D eigenvalue weighted by Crippen LogP contribution is -2.23. The molecule has 106 valence electrons. The minimum absolute atomic E-state index is 0.213. The highest BCUT2D eigenvalue weighted by atomic mass is 16.4. The van der Waals surface area contributed by atoms with Crippen LogP contribution in [0, 0.1) is 0 Å². The molecule has 0 aliphatic heterocycles. The van der Waals surface area contributed by atoms with E-state index in [2.05, 4.69) is 16.9 Å². The third-order valence-corrected chi connectivity index (χ3v) is 2.94. The molecule has 0 fully saturated rings. The summed E-state index contributed by atoms with van der Waals surface area (Å²) in [6.07, 6.45) is 3.20. The van der Waals surface area contributed by atoms with E-state index < -0.39 is 5.97 Å². The number of carbonyl (C=O) groups excluding carboxylic acids is 1. The fourth-order valence-electron chi connectivity index (χ4n) is 1.73. The first-order valence-corrected chi connectivity index (χ1v) is 6.27. The van der Waals surface area contributed by atoms with Crippen molar-refractivity contribution in [1.82, 2.24) is 10.3 Å². The van der Waals surface area contributed by atoms with Crippen LogP contribution in [-0.2, 0) is 11.3 Å². The Kier molecular flexibility index (Phi) is 4.46. The summed E-state index contributed by atoms with van der Waals surface area (Å²) in [5.74, 6) is -1.26. The van der Waals surface area contributed by atoms with Crippen molar-refractivity contribution in [2.24, 2.45) is 0 Å². The molecule has 2 aromatic rings. The molecule has 0 atom stereocenters. The van der Waals surface area contributed by atoms with Gasteiger partial charge in [0.05, 0.1) is 5.56 Å². The number of pyridine rings is 1. The van der Waals surface area contributed by atoms with Crippen LogP contribution < -0.4 is 5.32 Å². The van der Waals surface area contributed by atoms with Crippen molar-refractivity contribution in [2.45, 2.75) is 6.54 Å². The molecule has 2 rings (SSSR count). The predicted octanol–water partition coefficient (Wildman–Crippen LogP) is 2.11. The van der Waals surface area contributed by atoms with Crippen LogP contribution >= 0.6 is 0 Å². The smallest absolute Gasteiger partial charge is 0.335 e. The van der Waals surface area contributed by atoms with E-state index in [0.29, 0.717) is 17.7 Å². The molecule has 2 N–H and O–H groups in total. The summed E-state index contributed by atoms with van der Waals surface area (Å²) in [6.45, 7) is 4.05. The number of nitrogens with zero attached hydrogens (tertiary/aromatic N) is 1. The molecule has 0 aliphatic carbocycles. The van der Waals surface area contributed by atoms with Gasteiger partial charge in [-0.15, -0.1) is 0 Å². The molecule has 1 amide bonds. The van der Waals surface area contributed by atoms with Gasteiger partial charge in [-0.25, -0.2) is 4.79 Å². The van der Waals surface area contributed by atoms with Crippen LogP contribution in [0.4, 0.5) is 0 Å². The van der Waals surface area contributed by atoms with Crippen molar-refractivity contribution in [1.29, 1.82) is 0 Å². The van der Waals surface area contributed by atoms with E-state index in [1.165, 1.54) is 12.1 Å². The number of carboxylic acid groups (broad SMARTS) is 1. The van der Waals surface area contributed by atoms with Gasteiger partial charge < -0.3 is 10.4 Å². The van der Waals surface area contributed by atoms with E-state index in [-0.39, 0.29) is 11.5 Å². The number of carbonyl (C=O) groups is 2. The molecule has 1 aromatic carbocycles. The number of rotatable bonds is 5. The summed E-state index contributed by atoms with van der Waals surface area (Å²) >= 11 is 0. The molecular formula is C16H14N2O3. The number of nitrogens with one attached hydrogen (secondary N) is 1. The summed E-state index contributed by atoms with van der Waals surface area (Å²) in [5.41, 5.74) is 2.03. The van der Waals surface area contributed by atoms with Crippen molar-refractivity contribution in [3.05, 3.63) is 72.1 Å². The lowest BCUT2D eigenvalue weighted by atomic mass is 10.1. The minimum Gasteiger partial charge on any atom is -0.478 e. The first-order chi connectivity index (χ1) is 10.1. The summed E-state index contributed by atoms with van der Waals surface area (Å²) < 4.78 is 0. The Bertz CT molecular complexity index is 664. The van der Waals surface area contributed by atoms with Crippen LogP contribution in [0.5, 0.6) is 0 Å². The molecule has 0 bridgehead atoms. The van der Waals surface area contributed by atoms with Crippen molar-refractivity contribution in [2.75, 3.05) is 0 Å². The highest BCUT2D eigenvalue weighted by molar-refractivity contribution is 6.18. The zero-order valence-corrected chi connectivity index (χ0v) is 11.2. The molecule has 5 heteroatoms. The van der Waals surface area contributed by atoms with Gasteiger partial charge in [-0.05, 0) is 23.8 Å². The molecule has 1 heterocycles. The Hall–Kier alpha value is -2.95. The van der Waals surface area contributed by atoms with Gasteiger partial charge in [-0.2, -0.15) is 0 Å². The minimum atomic E-state index is -0.976. The highest BCUT2D eigenvalue weighted by Gasteiger charge is 2.09. The number of carboxylic acids is 1. The number of aromatic nitrogens is 1. The monoisotopic (exact) mass is 282 g/mol. The number of hydrogen-bond acceptors (Lipinski definition) is 3. The third-order valence-electron chi connectivity index (χ3n) is 2.94. The van der Waals surface area contributed by atoms with Crippen LogP contribution in [0.25, 0.3) is 5.57 Å². The number of aromatic carboxylic acids is 1. The number of benzene rings is 1. The molecule has 5 nitrogen and oxygen atoms in total. The summed E-state index contributed by atoms with van der Waals surface area (Å²) in [4.78, 5) is 26.6. The van der Waals surface area contributed by atoms with E-state index in [9.17, 15) is 9.59 Å². The average molecular weight is 282 g/mol. The van der Waals surface area contributed by atoms with E-state index in [1.807, 2.05) is 0 Å². The normalized spacial score (nSPS) is 9.90. The second kappa shape index (κ2) is 6.47. The number of amides is 1. The van der Waals surface area contributed by atoms with E-state index in [0.717, 1.165) is 5.56 Å². The molecule has 0 saturated heterocycles. The molecule has 0 radical (unpaired) electrons. The average Bonchev–Trinajstić information content (AvgIpc) is 2.53. The van der Waals surface area contributed by atoms with Gasteiger partial charge in [-0.3, -0.25) is 9.78 Å². The van der Waals surface area contributed by atoms with E-state index in [1.54, 1.807) is 36.7 Å². The van der Waals surface area contributed by atoms with E-state index in [4.69, 9.17) is 5.11 Å². The molecule has 21 heavy (non-hydrogen) atoms. The maximum absolute atomic E-state index is 12.0. The second-order valence-corrected chi connectivity index (χ2v) is 4.41. The Balaban J connectivity index is 1.95. The fraction of sp³-hybridized carbons (Fsp3) is 0.0625. The van der Waals surface area contributed by atoms with Gasteiger partial charge in [-0.1, -0.05) is 24.8 Å². The van der Waals surface area contributed by atoms with Crippen molar-refractivity contribution in [3.63, 3.8) is 0 Å². The quantitative estimate of drug-likeness (QED) is 0.823. The van der Waals surface area contributed by atoms with Gasteiger partial charge in [0.1, 0.15) is 0 Å². The molecule has 0 spiro atoms. The topological polar surface area (TPSA) is 79.3 Å². The van der Waals surface area contributed by atoms with Gasteiger partial charge in [0.15, 0.2) is 0 Å². The fourth-order valence-corrected chi connectivity index (χ4v) is 1.73. The SMILES string of the molecule is C=C(C(=O)NCc1ccc(C(=O)O)cc1)c1cccnc1. The Morgan fingerprint density at radius 2 is 1.86 bits per heavy atom. The maximum atomic E-state index is 12.0. The standard InChI is InChI=1S/C16H14N2O3/c1-11(14-3-2-8-17-10-14)15(19)18-9-12-4-6-13(7-5-12)16(20)21/h2-8,10H,1,9H2,(H,18,19)(H,20,21). The van der Waals surface area contributed by atoms with Crippen LogP contribution in [0.3, 0.4) is 0 Å². The Morgan fingerprint density at radius 1 is 1.14 bits per heavy atom. The lowest BCUT2D eigenvalue weighted by Gasteiger charge is -2.08. The van der Waals surface area contributed by atoms with Crippen LogP contribution in [0.1, 0.15) is 21.5 Å². The zero-order chi connectivity index (χ0) is 15.2. The van der Waals surface area contributed by atoms with Crippen molar-refractivity contribution >= 4 is 17.4 Å². The lowest BCUT2D eigenvalue weighted by molar-refractivity contribution is -0.115. The predicted molar refractivity (Wildman–Crippen MR) is 78.5 cm³/mol. The molecule has 0 saturated carbocycles. The van der Waals surface area contributed by atoms with Crippen LogP contribution in [0.2, 0.25) is 0 Å². The molecular weight excluding hydrogens is 268 g/mol. The first-order valence-electron chi connectivity index (χ1n) is 6.27. The largest absolute Gasteiger partial charge is 0.478 e.